The fourth-order valence-corrected chi connectivity index (χ4v) is 2.35. The molecule has 0 aliphatic heterocycles. The maximum absolute atomic E-state index is 13.5. The Hall–Kier alpha value is -1.42. The number of carbonyl (C=O) groups is 1. The van der Waals surface area contributed by atoms with Crippen molar-refractivity contribution in [1.29, 1.82) is 0 Å². The molecule has 1 aliphatic rings. The average Bonchev–Trinajstić information content (AvgIpc) is 2.90. The van der Waals surface area contributed by atoms with Crippen LogP contribution in [0.3, 0.4) is 0 Å². The summed E-state index contributed by atoms with van der Waals surface area (Å²) in [6.07, 6.45) is 5.02. The second-order valence-corrected chi connectivity index (χ2v) is 5.02. The summed E-state index contributed by atoms with van der Waals surface area (Å²) >= 11 is 0. The molecular weight excluding hydrogens is 245 g/mol. The van der Waals surface area contributed by atoms with Crippen molar-refractivity contribution in [3.05, 3.63) is 35.1 Å². The van der Waals surface area contributed by atoms with Crippen LogP contribution in [0.4, 0.5) is 4.39 Å². The lowest BCUT2D eigenvalue weighted by molar-refractivity contribution is 0.0581. The standard InChI is InChI=1S/C15H20FNO2/c1-11-6-7-14(16)13(10-11)15(18)17-8-9-19-12-4-2-3-5-12/h6-7,10,12H,2-5,8-9H2,1H3,(H,17,18). The van der Waals surface area contributed by atoms with Gasteiger partial charge in [-0.05, 0) is 31.9 Å². The van der Waals surface area contributed by atoms with Gasteiger partial charge in [-0.2, -0.15) is 0 Å². The number of nitrogens with one attached hydrogen (secondary N) is 1. The zero-order chi connectivity index (χ0) is 13.7. The van der Waals surface area contributed by atoms with Crippen molar-refractivity contribution >= 4 is 5.91 Å². The van der Waals surface area contributed by atoms with Gasteiger partial charge in [-0.25, -0.2) is 4.39 Å². The van der Waals surface area contributed by atoms with Gasteiger partial charge in [0.15, 0.2) is 0 Å². The highest BCUT2D eigenvalue weighted by atomic mass is 19.1. The van der Waals surface area contributed by atoms with Crippen molar-refractivity contribution < 1.29 is 13.9 Å². The molecule has 0 radical (unpaired) electrons. The van der Waals surface area contributed by atoms with Gasteiger partial charge >= 0.3 is 0 Å². The van der Waals surface area contributed by atoms with Crippen molar-refractivity contribution in [1.82, 2.24) is 5.32 Å². The molecule has 0 saturated heterocycles. The van der Waals surface area contributed by atoms with E-state index in [0.29, 0.717) is 19.3 Å². The van der Waals surface area contributed by atoms with Crippen molar-refractivity contribution in [3.8, 4) is 0 Å². The van der Waals surface area contributed by atoms with E-state index in [4.69, 9.17) is 4.74 Å². The fourth-order valence-electron chi connectivity index (χ4n) is 2.35. The van der Waals surface area contributed by atoms with Crippen LogP contribution in [-0.4, -0.2) is 25.2 Å². The second-order valence-electron chi connectivity index (χ2n) is 5.02. The lowest BCUT2D eigenvalue weighted by Crippen LogP contribution is -2.29. The molecule has 1 saturated carbocycles. The monoisotopic (exact) mass is 265 g/mol. The van der Waals surface area contributed by atoms with Crippen LogP contribution in [0.1, 0.15) is 41.6 Å². The molecule has 2 rings (SSSR count). The number of carbonyl (C=O) groups excluding carboxylic acids is 1. The van der Waals surface area contributed by atoms with Gasteiger partial charge in [0.25, 0.3) is 5.91 Å². The molecule has 1 amide bonds. The van der Waals surface area contributed by atoms with Crippen molar-refractivity contribution in [2.45, 2.75) is 38.7 Å². The quantitative estimate of drug-likeness (QED) is 0.831. The third kappa shape index (κ3) is 4.03. The minimum Gasteiger partial charge on any atom is -0.376 e. The highest BCUT2D eigenvalue weighted by Gasteiger charge is 2.15. The van der Waals surface area contributed by atoms with E-state index in [1.807, 2.05) is 6.92 Å². The van der Waals surface area contributed by atoms with Crippen LogP contribution in [-0.2, 0) is 4.74 Å². The van der Waals surface area contributed by atoms with E-state index in [-0.39, 0.29) is 11.5 Å². The van der Waals surface area contributed by atoms with E-state index in [1.165, 1.54) is 18.9 Å². The number of benzene rings is 1. The minimum atomic E-state index is -0.486. The summed E-state index contributed by atoms with van der Waals surface area (Å²) in [6.45, 7) is 2.74. The molecule has 0 spiro atoms. The van der Waals surface area contributed by atoms with E-state index in [1.54, 1.807) is 12.1 Å². The Morgan fingerprint density at radius 2 is 2.16 bits per heavy atom. The first-order valence-corrected chi connectivity index (χ1v) is 6.83. The van der Waals surface area contributed by atoms with Gasteiger partial charge in [0, 0.05) is 6.54 Å². The Balaban J connectivity index is 1.75. The Morgan fingerprint density at radius 3 is 2.89 bits per heavy atom. The normalized spacial score (nSPS) is 15.7. The van der Waals surface area contributed by atoms with E-state index < -0.39 is 5.82 Å². The smallest absolute Gasteiger partial charge is 0.254 e. The highest BCUT2D eigenvalue weighted by Crippen LogP contribution is 2.20. The lowest BCUT2D eigenvalue weighted by atomic mass is 10.1. The molecule has 1 N–H and O–H groups in total. The molecular formula is C15H20FNO2. The summed E-state index contributed by atoms with van der Waals surface area (Å²) in [7, 11) is 0. The van der Waals surface area contributed by atoms with Crippen molar-refractivity contribution in [3.63, 3.8) is 0 Å². The summed E-state index contributed by atoms with van der Waals surface area (Å²) in [6, 6.07) is 4.52. The molecule has 1 aromatic carbocycles. The van der Waals surface area contributed by atoms with Crippen molar-refractivity contribution in [2.75, 3.05) is 13.2 Å². The molecule has 1 aromatic rings. The van der Waals surface area contributed by atoms with Crippen LogP contribution in [0, 0.1) is 12.7 Å². The van der Waals surface area contributed by atoms with E-state index >= 15 is 0 Å². The molecule has 1 aliphatic carbocycles. The van der Waals surface area contributed by atoms with Crippen LogP contribution in [0.25, 0.3) is 0 Å². The maximum atomic E-state index is 13.5. The minimum absolute atomic E-state index is 0.0980. The molecule has 104 valence electrons. The molecule has 0 unspecified atom stereocenters. The first-order valence-electron chi connectivity index (χ1n) is 6.83. The largest absolute Gasteiger partial charge is 0.376 e. The number of halogens is 1. The molecule has 0 bridgehead atoms. The van der Waals surface area contributed by atoms with E-state index in [2.05, 4.69) is 5.32 Å². The number of hydrogen-bond acceptors (Lipinski definition) is 2. The second kappa shape index (κ2) is 6.66. The average molecular weight is 265 g/mol. The molecule has 19 heavy (non-hydrogen) atoms. The Bertz CT molecular complexity index is 442. The third-order valence-electron chi connectivity index (χ3n) is 3.41. The summed E-state index contributed by atoms with van der Waals surface area (Å²) < 4.78 is 19.1. The zero-order valence-corrected chi connectivity index (χ0v) is 11.2. The third-order valence-corrected chi connectivity index (χ3v) is 3.41. The predicted molar refractivity (Wildman–Crippen MR) is 71.7 cm³/mol. The van der Waals surface area contributed by atoms with Crippen LogP contribution in [0.2, 0.25) is 0 Å². The van der Waals surface area contributed by atoms with Gasteiger partial charge < -0.3 is 10.1 Å². The van der Waals surface area contributed by atoms with Gasteiger partial charge in [-0.3, -0.25) is 4.79 Å². The zero-order valence-electron chi connectivity index (χ0n) is 11.2. The molecule has 3 nitrogen and oxygen atoms in total. The summed E-state index contributed by atoms with van der Waals surface area (Å²) in [4.78, 5) is 11.8. The first kappa shape index (κ1) is 14.0. The Labute approximate surface area is 113 Å². The SMILES string of the molecule is Cc1ccc(F)c(C(=O)NCCOC2CCCC2)c1. The molecule has 1 fully saturated rings. The molecule has 0 aromatic heterocycles. The van der Waals surface area contributed by atoms with Gasteiger partial charge in [-0.1, -0.05) is 24.5 Å². The first-order chi connectivity index (χ1) is 9.16. The number of amides is 1. The maximum Gasteiger partial charge on any atom is 0.254 e. The number of hydrogen-bond donors (Lipinski definition) is 1. The fraction of sp³-hybridized carbons (Fsp3) is 0.533. The topological polar surface area (TPSA) is 38.3 Å². The lowest BCUT2D eigenvalue weighted by Gasteiger charge is -2.11. The van der Waals surface area contributed by atoms with Crippen LogP contribution in [0.15, 0.2) is 18.2 Å². The number of rotatable bonds is 5. The molecule has 0 atom stereocenters. The van der Waals surface area contributed by atoms with Gasteiger partial charge in [0.2, 0.25) is 0 Å². The van der Waals surface area contributed by atoms with E-state index in [9.17, 15) is 9.18 Å². The highest BCUT2D eigenvalue weighted by molar-refractivity contribution is 5.94. The van der Waals surface area contributed by atoms with Gasteiger partial charge in [0.1, 0.15) is 5.82 Å². The van der Waals surface area contributed by atoms with Crippen molar-refractivity contribution in [2.24, 2.45) is 0 Å². The van der Waals surface area contributed by atoms with Gasteiger partial charge in [0.05, 0.1) is 18.3 Å². The molecule has 4 heteroatoms. The van der Waals surface area contributed by atoms with Crippen LogP contribution in [0.5, 0.6) is 0 Å². The summed E-state index contributed by atoms with van der Waals surface area (Å²) in [5.41, 5.74) is 0.967. The number of aryl methyl sites for hydroxylation is 1. The summed E-state index contributed by atoms with van der Waals surface area (Å²) in [5, 5.41) is 2.69. The predicted octanol–water partition coefficient (Wildman–Crippen LogP) is 2.82. The Kier molecular flexibility index (Phi) is 4.91. The van der Waals surface area contributed by atoms with Gasteiger partial charge in [-0.15, -0.1) is 0 Å². The number of ether oxygens (including phenoxy) is 1. The Morgan fingerprint density at radius 1 is 1.42 bits per heavy atom. The van der Waals surface area contributed by atoms with E-state index in [0.717, 1.165) is 18.4 Å². The molecule has 0 heterocycles. The van der Waals surface area contributed by atoms with Crippen LogP contribution < -0.4 is 5.32 Å². The summed E-state index contributed by atoms with van der Waals surface area (Å²) in [5.74, 6) is -0.865. The van der Waals surface area contributed by atoms with Crippen LogP contribution >= 0.6 is 0 Å².